The van der Waals surface area contributed by atoms with Gasteiger partial charge < -0.3 is 9.30 Å². The second-order valence-corrected chi connectivity index (χ2v) is 6.98. The molecule has 0 fully saturated rings. The fourth-order valence-electron chi connectivity index (χ4n) is 3.06. The Morgan fingerprint density at radius 1 is 1.11 bits per heavy atom. The Labute approximate surface area is 169 Å². The number of hydrazone groups is 1. The SMILES string of the molecule is COc1ccc(Cl)cc1-n1c(C)cc(/C=N\NC(=O)c2ccc(C)cc2)c1C. The van der Waals surface area contributed by atoms with Gasteiger partial charge in [0.05, 0.1) is 19.0 Å². The quantitative estimate of drug-likeness (QED) is 0.497. The van der Waals surface area contributed by atoms with Gasteiger partial charge in [-0.3, -0.25) is 4.79 Å². The number of hydrogen-bond acceptors (Lipinski definition) is 3. The van der Waals surface area contributed by atoms with Crippen molar-refractivity contribution in [3.63, 3.8) is 0 Å². The Morgan fingerprint density at radius 3 is 2.50 bits per heavy atom. The van der Waals surface area contributed by atoms with Gasteiger partial charge in [-0.2, -0.15) is 5.10 Å². The number of nitrogens with zero attached hydrogens (tertiary/aromatic N) is 2. The van der Waals surface area contributed by atoms with Crippen molar-refractivity contribution < 1.29 is 9.53 Å². The molecule has 0 unspecified atom stereocenters. The van der Waals surface area contributed by atoms with Crippen LogP contribution in [-0.2, 0) is 0 Å². The van der Waals surface area contributed by atoms with E-state index in [0.717, 1.165) is 34.0 Å². The summed E-state index contributed by atoms with van der Waals surface area (Å²) in [6.07, 6.45) is 1.64. The predicted molar refractivity (Wildman–Crippen MR) is 113 cm³/mol. The number of aromatic nitrogens is 1. The van der Waals surface area contributed by atoms with E-state index in [1.807, 2.05) is 55.7 Å². The van der Waals surface area contributed by atoms with Gasteiger partial charge in [-0.05, 0) is 57.2 Å². The minimum absolute atomic E-state index is 0.249. The van der Waals surface area contributed by atoms with Crippen LogP contribution in [0, 0.1) is 20.8 Å². The second kappa shape index (κ2) is 8.31. The number of benzene rings is 2. The highest BCUT2D eigenvalue weighted by molar-refractivity contribution is 6.30. The molecule has 6 heteroatoms. The first-order chi connectivity index (χ1) is 13.4. The number of carbonyl (C=O) groups excluding carboxylic acids is 1. The monoisotopic (exact) mass is 395 g/mol. The molecule has 144 valence electrons. The maximum Gasteiger partial charge on any atom is 0.271 e. The zero-order chi connectivity index (χ0) is 20.3. The maximum absolute atomic E-state index is 12.2. The van der Waals surface area contributed by atoms with Crippen LogP contribution < -0.4 is 10.2 Å². The highest BCUT2D eigenvalue weighted by Gasteiger charge is 2.14. The highest BCUT2D eigenvalue weighted by Crippen LogP contribution is 2.30. The largest absolute Gasteiger partial charge is 0.495 e. The van der Waals surface area contributed by atoms with E-state index in [4.69, 9.17) is 16.3 Å². The molecular weight excluding hydrogens is 374 g/mol. The standard InChI is InChI=1S/C22H22ClN3O2/c1-14-5-7-17(8-6-14)22(27)25-24-13-18-11-15(2)26(16(18)3)20-12-19(23)9-10-21(20)28-4/h5-13H,1-4H3,(H,25,27)/b24-13-. The third kappa shape index (κ3) is 4.10. The van der Waals surface area contributed by atoms with Crippen molar-refractivity contribution in [2.45, 2.75) is 20.8 Å². The summed E-state index contributed by atoms with van der Waals surface area (Å²) in [4.78, 5) is 12.2. The molecule has 0 saturated heterocycles. The molecule has 0 saturated carbocycles. The lowest BCUT2D eigenvalue weighted by Crippen LogP contribution is -2.17. The van der Waals surface area contributed by atoms with Crippen molar-refractivity contribution in [1.29, 1.82) is 0 Å². The van der Waals surface area contributed by atoms with Gasteiger partial charge in [0.1, 0.15) is 5.75 Å². The summed E-state index contributed by atoms with van der Waals surface area (Å²) >= 11 is 6.18. The molecule has 28 heavy (non-hydrogen) atoms. The van der Waals surface area contributed by atoms with Crippen molar-refractivity contribution in [1.82, 2.24) is 9.99 Å². The molecule has 5 nitrogen and oxygen atoms in total. The minimum Gasteiger partial charge on any atom is -0.495 e. The van der Waals surface area contributed by atoms with E-state index in [-0.39, 0.29) is 5.91 Å². The van der Waals surface area contributed by atoms with Gasteiger partial charge in [0.2, 0.25) is 0 Å². The molecule has 1 heterocycles. The third-order valence-electron chi connectivity index (χ3n) is 4.54. The molecule has 2 aromatic carbocycles. The van der Waals surface area contributed by atoms with Crippen molar-refractivity contribution in [2.75, 3.05) is 7.11 Å². The van der Waals surface area contributed by atoms with Crippen LogP contribution in [0.2, 0.25) is 5.02 Å². The van der Waals surface area contributed by atoms with E-state index in [9.17, 15) is 4.79 Å². The smallest absolute Gasteiger partial charge is 0.271 e. The summed E-state index contributed by atoms with van der Waals surface area (Å²) in [6, 6.07) is 14.8. The topological polar surface area (TPSA) is 55.6 Å². The third-order valence-corrected chi connectivity index (χ3v) is 4.77. The number of ether oxygens (including phenoxy) is 1. The van der Waals surface area contributed by atoms with Crippen molar-refractivity contribution in [3.8, 4) is 11.4 Å². The Bertz CT molecular complexity index is 1040. The number of nitrogens with one attached hydrogen (secondary N) is 1. The van der Waals surface area contributed by atoms with Crippen LogP contribution in [0.25, 0.3) is 5.69 Å². The Balaban J connectivity index is 1.84. The average Bonchev–Trinajstić information content (AvgIpc) is 2.95. The zero-order valence-electron chi connectivity index (χ0n) is 16.3. The van der Waals surface area contributed by atoms with Crippen LogP contribution in [0.1, 0.15) is 32.9 Å². The summed E-state index contributed by atoms with van der Waals surface area (Å²) in [6.45, 7) is 5.95. The second-order valence-electron chi connectivity index (χ2n) is 6.54. The first kappa shape index (κ1) is 19.7. The molecule has 1 N–H and O–H groups in total. The minimum atomic E-state index is -0.249. The molecule has 0 aliphatic carbocycles. The molecule has 0 aliphatic heterocycles. The zero-order valence-corrected chi connectivity index (χ0v) is 17.0. The van der Waals surface area contributed by atoms with Gasteiger partial charge >= 0.3 is 0 Å². The highest BCUT2D eigenvalue weighted by atomic mass is 35.5. The molecule has 1 aromatic heterocycles. The van der Waals surface area contributed by atoms with E-state index in [1.165, 1.54) is 0 Å². The van der Waals surface area contributed by atoms with Crippen LogP contribution in [0.5, 0.6) is 5.75 Å². The molecule has 0 radical (unpaired) electrons. The summed E-state index contributed by atoms with van der Waals surface area (Å²) in [7, 11) is 1.63. The summed E-state index contributed by atoms with van der Waals surface area (Å²) in [5.41, 5.74) is 7.95. The molecule has 3 aromatic rings. The van der Waals surface area contributed by atoms with Crippen LogP contribution in [0.15, 0.2) is 53.6 Å². The van der Waals surface area contributed by atoms with Gasteiger partial charge in [-0.25, -0.2) is 5.43 Å². The van der Waals surface area contributed by atoms with Crippen molar-refractivity contribution in [2.24, 2.45) is 5.10 Å². The lowest BCUT2D eigenvalue weighted by Gasteiger charge is -2.14. The van der Waals surface area contributed by atoms with Crippen LogP contribution in [0.3, 0.4) is 0 Å². The van der Waals surface area contributed by atoms with Crippen LogP contribution in [-0.4, -0.2) is 23.8 Å². The van der Waals surface area contributed by atoms with Gasteiger partial charge in [0.25, 0.3) is 5.91 Å². The van der Waals surface area contributed by atoms with E-state index in [2.05, 4.69) is 10.5 Å². The van der Waals surface area contributed by atoms with Crippen molar-refractivity contribution in [3.05, 3.63) is 81.6 Å². The molecule has 0 bridgehead atoms. The first-order valence-electron chi connectivity index (χ1n) is 8.83. The normalized spacial score (nSPS) is 11.0. The summed E-state index contributed by atoms with van der Waals surface area (Å²) in [5.74, 6) is 0.476. The first-order valence-corrected chi connectivity index (χ1v) is 9.21. The lowest BCUT2D eigenvalue weighted by molar-refractivity contribution is 0.0955. The molecule has 3 rings (SSSR count). The Kier molecular flexibility index (Phi) is 5.85. The fraction of sp³-hybridized carbons (Fsp3) is 0.182. The number of methoxy groups -OCH3 is 1. The molecule has 0 spiro atoms. The maximum atomic E-state index is 12.2. The van der Waals surface area contributed by atoms with Crippen molar-refractivity contribution >= 4 is 23.7 Å². The molecule has 0 atom stereocenters. The predicted octanol–water partition coefficient (Wildman–Crippen LogP) is 4.83. The van der Waals surface area contributed by atoms with E-state index < -0.39 is 0 Å². The van der Waals surface area contributed by atoms with Gasteiger partial charge in [0, 0.05) is 27.5 Å². The average molecular weight is 396 g/mol. The Hall–Kier alpha value is -3.05. The van der Waals surface area contributed by atoms with Crippen LogP contribution >= 0.6 is 11.6 Å². The molecular formula is C22H22ClN3O2. The number of rotatable bonds is 5. The Morgan fingerprint density at radius 2 is 1.82 bits per heavy atom. The van der Waals surface area contributed by atoms with E-state index >= 15 is 0 Å². The van der Waals surface area contributed by atoms with E-state index in [1.54, 1.807) is 31.5 Å². The number of halogens is 1. The van der Waals surface area contributed by atoms with Gasteiger partial charge in [-0.1, -0.05) is 29.3 Å². The molecule has 1 amide bonds. The van der Waals surface area contributed by atoms with E-state index in [0.29, 0.717) is 10.6 Å². The number of hydrogen-bond donors (Lipinski definition) is 1. The fourth-order valence-corrected chi connectivity index (χ4v) is 3.22. The number of carbonyl (C=O) groups is 1. The lowest BCUT2D eigenvalue weighted by atomic mass is 10.1. The van der Waals surface area contributed by atoms with Crippen LogP contribution in [0.4, 0.5) is 0 Å². The van der Waals surface area contributed by atoms with Gasteiger partial charge in [0.15, 0.2) is 0 Å². The summed E-state index contributed by atoms with van der Waals surface area (Å²) in [5, 5.41) is 4.74. The number of amides is 1. The molecule has 0 aliphatic rings. The summed E-state index contributed by atoms with van der Waals surface area (Å²) < 4.78 is 7.52. The van der Waals surface area contributed by atoms with Gasteiger partial charge in [-0.15, -0.1) is 0 Å². The number of aryl methyl sites for hydroxylation is 2.